The minimum Gasteiger partial charge on any atom is -0.0741 e. The van der Waals surface area contributed by atoms with Crippen LogP contribution in [0.3, 0.4) is 0 Å². The van der Waals surface area contributed by atoms with Gasteiger partial charge in [0.2, 0.25) is 0 Å². The van der Waals surface area contributed by atoms with Gasteiger partial charge in [0.05, 0.1) is 0 Å². The monoisotopic (exact) mass is 204 g/mol. The Morgan fingerprint density at radius 3 is 2.33 bits per heavy atom. The molecule has 0 aromatic carbocycles. The molecule has 3 fully saturated rings. The highest BCUT2D eigenvalue weighted by molar-refractivity contribution is 5.20. The van der Waals surface area contributed by atoms with Crippen LogP contribution in [0.1, 0.15) is 53.4 Å². The summed E-state index contributed by atoms with van der Waals surface area (Å²) >= 11 is 0. The minimum atomic E-state index is 0.673. The van der Waals surface area contributed by atoms with Gasteiger partial charge in [-0.1, -0.05) is 25.0 Å². The lowest BCUT2D eigenvalue weighted by Gasteiger charge is -2.64. The summed E-state index contributed by atoms with van der Waals surface area (Å²) in [7, 11) is 0. The Kier molecular flexibility index (Phi) is 1.92. The molecule has 0 heterocycles. The smallest absolute Gasteiger partial charge is 0.0286 e. The third-order valence-corrected chi connectivity index (χ3v) is 6.09. The molecule has 4 aliphatic carbocycles. The lowest BCUT2D eigenvalue weighted by Crippen LogP contribution is -2.56. The van der Waals surface area contributed by atoms with Gasteiger partial charge in [0, 0.05) is 0 Å². The Morgan fingerprint density at radius 1 is 1.00 bits per heavy atom. The standard InChI is InChI=1S/C15H24/c1-9-5-11-7-12-8-14(15(12,3)4)13(11)6-10(9)2/h11-14H,5-8H2,1-4H3. The van der Waals surface area contributed by atoms with Crippen LogP contribution in [-0.2, 0) is 0 Å². The van der Waals surface area contributed by atoms with Crippen LogP contribution in [0.4, 0.5) is 0 Å². The first kappa shape index (κ1) is 9.93. The minimum absolute atomic E-state index is 0.673. The Labute approximate surface area is 94.1 Å². The first-order chi connectivity index (χ1) is 7.00. The Morgan fingerprint density at radius 2 is 1.67 bits per heavy atom. The molecule has 4 atom stereocenters. The second-order valence-electron chi connectivity index (χ2n) is 6.99. The van der Waals surface area contributed by atoms with Crippen molar-refractivity contribution in [1.82, 2.24) is 0 Å². The molecule has 84 valence electrons. The molecule has 0 radical (unpaired) electrons. The van der Waals surface area contributed by atoms with Gasteiger partial charge in [0.1, 0.15) is 0 Å². The van der Waals surface area contributed by atoms with E-state index in [1.54, 1.807) is 17.6 Å². The zero-order chi connectivity index (χ0) is 10.8. The summed E-state index contributed by atoms with van der Waals surface area (Å²) in [5.74, 6) is 4.18. The number of hydrogen-bond acceptors (Lipinski definition) is 0. The number of rotatable bonds is 0. The van der Waals surface area contributed by atoms with E-state index in [9.17, 15) is 0 Å². The van der Waals surface area contributed by atoms with E-state index in [4.69, 9.17) is 0 Å². The molecule has 4 unspecified atom stereocenters. The lowest BCUT2D eigenvalue weighted by molar-refractivity contribution is -0.136. The summed E-state index contributed by atoms with van der Waals surface area (Å²) < 4.78 is 0. The van der Waals surface area contributed by atoms with Crippen molar-refractivity contribution in [2.24, 2.45) is 29.1 Å². The average molecular weight is 204 g/mol. The fraction of sp³-hybridized carbons (Fsp3) is 0.867. The molecule has 0 heteroatoms. The maximum Gasteiger partial charge on any atom is -0.0286 e. The highest BCUT2D eigenvalue weighted by Crippen LogP contribution is 2.65. The van der Waals surface area contributed by atoms with Crippen molar-refractivity contribution in [1.29, 1.82) is 0 Å². The number of hydrogen-bond donors (Lipinski definition) is 0. The first-order valence-electron chi connectivity index (χ1n) is 6.65. The quantitative estimate of drug-likeness (QED) is 0.513. The molecule has 2 bridgehead atoms. The van der Waals surface area contributed by atoms with E-state index < -0.39 is 0 Å². The third-order valence-electron chi connectivity index (χ3n) is 6.09. The van der Waals surface area contributed by atoms with Crippen LogP contribution in [0.25, 0.3) is 0 Å². The van der Waals surface area contributed by atoms with E-state index >= 15 is 0 Å². The summed E-state index contributed by atoms with van der Waals surface area (Å²) in [4.78, 5) is 0. The van der Waals surface area contributed by atoms with E-state index in [0.29, 0.717) is 5.41 Å². The molecular formula is C15H24. The molecule has 3 saturated carbocycles. The predicted molar refractivity (Wildman–Crippen MR) is 64.6 cm³/mol. The molecule has 0 saturated heterocycles. The zero-order valence-electron chi connectivity index (χ0n) is 10.6. The summed E-state index contributed by atoms with van der Waals surface area (Å²) in [5.41, 5.74) is 4.08. The summed E-state index contributed by atoms with van der Waals surface area (Å²) in [6.07, 6.45) is 5.90. The molecule has 0 spiro atoms. The summed E-state index contributed by atoms with van der Waals surface area (Å²) in [5, 5.41) is 0. The van der Waals surface area contributed by atoms with Crippen LogP contribution < -0.4 is 0 Å². The van der Waals surface area contributed by atoms with Gasteiger partial charge >= 0.3 is 0 Å². The Hall–Kier alpha value is -0.260. The molecule has 0 amide bonds. The molecule has 4 rings (SSSR count). The highest BCUT2D eigenvalue weighted by Gasteiger charge is 2.57. The maximum atomic E-state index is 2.52. The second kappa shape index (κ2) is 2.90. The molecule has 0 aromatic heterocycles. The third kappa shape index (κ3) is 1.20. The van der Waals surface area contributed by atoms with Crippen LogP contribution in [-0.4, -0.2) is 0 Å². The lowest BCUT2D eigenvalue weighted by atomic mass is 9.41. The van der Waals surface area contributed by atoms with Gasteiger partial charge in [-0.15, -0.1) is 0 Å². The van der Waals surface area contributed by atoms with E-state index in [-0.39, 0.29) is 0 Å². The predicted octanol–water partition coefficient (Wildman–Crippen LogP) is 4.42. The van der Waals surface area contributed by atoms with Gasteiger partial charge in [-0.2, -0.15) is 0 Å². The van der Waals surface area contributed by atoms with E-state index in [2.05, 4.69) is 27.7 Å². The van der Waals surface area contributed by atoms with Crippen molar-refractivity contribution >= 4 is 0 Å². The molecule has 0 aromatic rings. The largest absolute Gasteiger partial charge is 0.0741 e. The van der Waals surface area contributed by atoms with Crippen molar-refractivity contribution in [3.63, 3.8) is 0 Å². The molecule has 0 nitrogen and oxygen atoms in total. The topological polar surface area (TPSA) is 0 Å². The van der Waals surface area contributed by atoms with E-state index in [1.165, 1.54) is 19.3 Å². The van der Waals surface area contributed by atoms with Crippen LogP contribution in [0.15, 0.2) is 11.1 Å². The Bertz CT molecular complexity index is 321. The van der Waals surface area contributed by atoms with Gasteiger partial charge in [0.15, 0.2) is 0 Å². The zero-order valence-corrected chi connectivity index (χ0v) is 10.6. The molecule has 15 heavy (non-hydrogen) atoms. The van der Waals surface area contributed by atoms with Gasteiger partial charge < -0.3 is 0 Å². The molecule has 0 aliphatic heterocycles. The van der Waals surface area contributed by atoms with Crippen LogP contribution >= 0.6 is 0 Å². The van der Waals surface area contributed by atoms with Crippen LogP contribution in [0.5, 0.6) is 0 Å². The molecule has 4 aliphatic rings. The van der Waals surface area contributed by atoms with Crippen molar-refractivity contribution in [2.45, 2.75) is 53.4 Å². The van der Waals surface area contributed by atoms with E-state index in [1.807, 2.05) is 0 Å². The first-order valence-corrected chi connectivity index (χ1v) is 6.65. The SMILES string of the molecule is CC1=C(C)CC2C(C1)CC1CC2C1(C)C. The van der Waals surface area contributed by atoms with Crippen molar-refractivity contribution < 1.29 is 0 Å². The summed E-state index contributed by atoms with van der Waals surface area (Å²) in [6.45, 7) is 9.76. The fourth-order valence-corrected chi connectivity index (χ4v) is 4.69. The van der Waals surface area contributed by atoms with Crippen LogP contribution in [0, 0.1) is 29.1 Å². The molecular weight excluding hydrogens is 180 g/mol. The Balaban J connectivity index is 1.88. The number of allylic oxidation sites excluding steroid dienone is 2. The normalized spacial score (nSPS) is 47.2. The van der Waals surface area contributed by atoms with Crippen molar-refractivity contribution in [3.8, 4) is 0 Å². The van der Waals surface area contributed by atoms with Gasteiger partial charge in [-0.05, 0) is 68.6 Å². The van der Waals surface area contributed by atoms with Gasteiger partial charge in [0.25, 0.3) is 0 Å². The van der Waals surface area contributed by atoms with Crippen molar-refractivity contribution in [3.05, 3.63) is 11.1 Å². The van der Waals surface area contributed by atoms with Crippen LogP contribution in [0.2, 0.25) is 0 Å². The average Bonchev–Trinajstić information content (AvgIpc) is 2.18. The van der Waals surface area contributed by atoms with Gasteiger partial charge in [-0.25, -0.2) is 0 Å². The maximum absolute atomic E-state index is 2.52. The van der Waals surface area contributed by atoms with Crippen molar-refractivity contribution in [2.75, 3.05) is 0 Å². The summed E-state index contributed by atoms with van der Waals surface area (Å²) in [6, 6.07) is 0. The highest BCUT2D eigenvalue weighted by atomic mass is 14.6. The molecule has 0 N–H and O–H groups in total. The van der Waals surface area contributed by atoms with E-state index in [0.717, 1.165) is 23.7 Å². The second-order valence-corrected chi connectivity index (χ2v) is 6.99. The van der Waals surface area contributed by atoms with Gasteiger partial charge in [-0.3, -0.25) is 0 Å². The fourth-order valence-electron chi connectivity index (χ4n) is 4.69.